The van der Waals surface area contributed by atoms with Crippen LogP contribution in [0.1, 0.15) is 24.2 Å². The van der Waals surface area contributed by atoms with E-state index in [1.165, 1.54) is 24.5 Å². The monoisotopic (exact) mass is 389 g/mol. The Hall–Kier alpha value is -2.94. The number of ether oxygens (including phenoxy) is 1. The van der Waals surface area contributed by atoms with Crippen molar-refractivity contribution in [3.8, 4) is 5.75 Å². The number of anilines is 2. The van der Waals surface area contributed by atoms with E-state index in [2.05, 4.69) is 15.6 Å². The first-order valence-corrected chi connectivity index (χ1v) is 9.06. The van der Waals surface area contributed by atoms with Gasteiger partial charge in [-0.1, -0.05) is 13.8 Å². The molecule has 1 heterocycles. The van der Waals surface area contributed by atoms with Crippen LogP contribution in [0.25, 0.3) is 0 Å². The van der Waals surface area contributed by atoms with E-state index in [1.54, 1.807) is 37.6 Å². The molecule has 8 nitrogen and oxygen atoms in total. The van der Waals surface area contributed by atoms with E-state index < -0.39 is 29.1 Å². The second-order valence-electron chi connectivity index (χ2n) is 6.81. The van der Waals surface area contributed by atoms with Gasteiger partial charge in [0.1, 0.15) is 5.75 Å². The van der Waals surface area contributed by atoms with Crippen molar-refractivity contribution in [3.63, 3.8) is 0 Å². The molecular weight excluding hydrogens is 370 g/mol. The first kappa shape index (κ1) is 18.8. The summed E-state index contributed by atoms with van der Waals surface area (Å²) in [5.41, 5.74) is -0.00420. The summed E-state index contributed by atoms with van der Waals surface area (Å²) in [6.45, 7) is 3.48. The van der Waals surface area contributed by atoms with Crippen molar-refractivity contribution in [2.75, 3.05) is 17.7 Å². The minimum Gasteiger partial charge on any atom is -0.495 e. The molecule has 1 aromatic carbocycles. The maximum Gasteiger partial charge on any atom is 0.307 e. The van der Waals surface area contributed by atoms with Crippen LogP contribution in [0.4, 0.5) is 10.8 Å². The smallest absolute Gasteiger partial charge is 0.307 e. The van der Waals surface area contributed by atoms with Gasteiger partial charge in [0.25, 0.3) is 5.91 Å². The van der Waals surface area contributed by atoms with Gasteiger partial charge in [-0.3, -0.25) is 19.7 Å². The molecule has 2 atom stereocenters. The van der Waals surface area contributed by atoms with Crippen molar-refractivity contribution in [1.29, 1.82) is 0 Å². The summed E-state index contributed by atoms with van der Waals surface area (Å²) in [4.78, 5) is 40.2. The summed E-state index contributed by atoms with van der Waals surface area (Å²) < 4.78 is 5.24. The molecule has 1 aliphatic rings. The summed E-state index contributed by atoms with van der Waals surface area (Å²) in [5.74, 6) is -2.79. The molecule has 2 aromatic rings. The third-order valence-electron chi connectivity index (χ3n) is 4.75. The van der Waals surface area contributed by atoms with E-state index in [0.29, 0.717) is 22.1 Å². The predicted molar refractivity (Wildman–Crippen MR) is 100 cm³/mol. The van der Waals surface area contributed by atoms with Gasteiger partial charge in [0.15, 0.2) is 5.13 Å². The number of carboxylic acid groups (broad SMARTS) is 1. The fourth-order valence-electron chi connectivity index (χ4n) is 3.20. The van der Waals surface area contributed by atoms with Gasteiger partial charge in [-0.05, 0) is 23.6 Å². The summed E-state index contributed by atoms with van der Waals surface area (Å²) in [6, 6.07) is 4.63. The highest BCUT2D eigenvalue weighted by Gasteiger charge is 2.65. The van der Waals surface area contributed by atoms with Gasteiger partial charge in [0, 0.05) is 17.1 Å². The lowest BCUT2D eigenvalue weighted by Gasteiger charge is -2.12. The summed E-state index contributed by atoms with van der Waals surface area (Å²) >= 11 is 1.29. The number of amides is 2. The van der Waals surface area contributed by atoms with E-state index in [1.807, 2.05) is 0 Å². The van der Waals surface area contributed by atoms with E-state index in [0.717, 1.165) is 0 Å². The number of carbonyl (C=O) groups is 3. The van der Waals surface area contributed by atoms with Crippen LogP contribution in [-0.4, -0.2) is 35.0 Å². The van der Waals surface area contributed by atoms with Crippen LogP contribution in [0.3, 0.4) is 0 Å². The molecule has 2 amide bonds. The number of aromatic nitrogens is 1. The van der Waals surface area contributed by atoms with Crippen LogP contribution in [0.2, 0.25) is 0 Å². The lowest BCUT2D eigenvalue weighted by Crippen LogP contribution is -2.19. The van der Waals surface area contributed by atoms with Crippen molar-refractivity contribution in [2.45, 2.75) is 13.8 Å². The quantitative estimate of drug-likeness (QED) is 0.699. The highest BCUT2D eigenvalue weighted by atomic mass is 32.1. The van der Waals surface area contributed by atoms with Gasteiger partial charge in [0.05, 0.1) is 24.6 Å². The van der Waals surface area contributed by atoms with Crippen molar-refractivity contribution >= 4 is 39.9 Å². The molecule has 3 rings (SSSR count). The fraction of sp³-hybridized carbons (Fsp3) is 0.333. The van der Waals surface area contributed by atoms with Crippen molar-refractivity contribution in [3.05, 3.63) is 35.3 Å². The summed E-state index contributed by atoms with van der Waals surface area (Å²) in [5, 5.41) is 16.8. The molecule has 142 valence electrons. The van der Waals surface area contributed by atoms with E-state index in [-0.39, 0.29) is 5.91 Å². The molecule has 1 aromatic heterocycles. The van der Waals surface area contributed by atoms with E-state index in [9.17, 15) is 19.5 Å². The fourth-order valence-corrected chi connectivity index (χ4v) is 3.72. The molecule has 1 fully saturated rings. The molecule has 1 saturated carbocycles. The lowest BCUT2D eigenvalue weighted by atomic mass is 10.1. The Morgan fingerprint density at radius 1 is 1.22 bits per heavy atom. The van der Waals surface area contributed by atoms with E-state index >= 15 is 0 Å². The number of benzene rings is 1. The predicted octanol–water partition coefficient (Wildman–Crippen LogP) is 2.70. The molecule has 1 aliphatic carbocycles. The minimum absolute atomic E-state index is 0.307. The van der Waals surface area contributed by atoms with Gasteiger partial charge in [-0.15, -0.1) is 11.3 Å². The zero-order valence-electron chi connectivity index (χ0n) is 15.0. The Morgan fingerprint density at radius 2 is 1.96 bits per heavy atom. The van der Waals surface area contributed by atoms with Crippen LogP contribution >= 0.6 is 11.3 Å². The number of carbonyl (C=O) groups excluding carboxylic acids is 2. The zero-order valence-corrected chi connectivity index (χ0v) is 15.8. The van der Waals surface area contributed by atoms with Gasteiger partial charge in [0.2, 0.25) is 5.91 Å². The highest BCUT2D eigenvalue weighted by Crippen LogP contribution is 2.58. The average molecular weight is 389 g/mol. The van der Waals surface area contributed by atoms with Gasteiger partial charge >= 0.3 is 5.97 Å². The normalized spacial score (nSPS) is 19.8. The zero-order chi connectivity index (χ0) is 19.8. The second kappa shape index (κ2) is 6.99. The Kier molecular flexibility index (Phi) is 4.88. The number of hydrogen-bond donors (Lipinski definition) is 3. The molecule has 9 heteroatoms. The number of thiazole rings is 1. The third kappa shape index (κ3) is 3.63. The number of aliphatic carboxylic acids is 1. The number of hydrogen-bond acceptors (Lipinski definition) is 6. The number of carboxylic acids is 1. The number of rotatable bonds is 6. The maximum atomic E-state index is 12.6. The van der Waals surface area contributed by atoms with E-state index in [4.69, 9.17) is 4.74 Å². The molecule has 3 N–H and O–H groups in total. The first-order valence-electron chi connectivity index (χ1n) is 8.18. The molecule has 0 saturated heterocycles. The van der Waals surface area contributed by atoms with Crippen LogP contribution in [0, 0.1) is 17.3 Å². The molecule has 0 unspecified atom stereocenters. The largest absolute Gasteiger partial charge is 0.495 e. The minimum atomic E-state index is -0.997. The molecule has 0 radical (unpaired) electrons. The molecular formula is C18H19N3O5S. The Labute approximate surface area is 159 Å². The number of nitrogens with zero attached hydrogens (tertiary/aromatic N) is 1. The molecule has 0 aliphatic heterocycles. The Balaban J connectivity index is 1.79. The third-order valence-corrected chi connectivity index (χ3v) is 5.44. The Morgan fingerprint density at radius 3 is 2.52 bits per heavy atom. The van der Waals surface area contributed by atoms with Crippen LogP contribution in [-0.2, 0) is 9.59 Å². The summed E-state index contributed by atoms with van der Waals surface area (Å²) in [7, 11) is 1.45. The van der Waals surface area contributed by atoms with Crippen LogP contribution in [0.15, 0.2) is 29.8 Å². The molecule has 0 spiro atoms. The average Bonchev–Trinajstić information content (AvgIpc) is 2.93. The van der Waals surface area contributed by atoms with Crippen LogP contribution < -0.4 is 15.4 Å². The van der Waals surface area contributed by atoms with Crippen molar-refractivity contribution in [2.24, 2.45) is 17.3 Å². The van der Waals surface area contributed by atoms with Crippen molar-refractivity contribution < 1.29 is 24.2 Å². The van der Waals surface area contributed by atoms with Gasteiger partial charge < -0.3 is 15.2 Å². The van der Waals surface area contributed by atoms with Crippen LogP contribution in [0.5, 0.6) is 5.75 Å². The molecule has 0 bridgehead atoms. The lowest BCUT2D eigenvalue weighted by molar-refractivity contribution is -0.140. The summed E-state index contributed by atoms with van der Waals surface area (Å²) in [6.07, 6.45) is 1.58. The topological polar surface area (TPSA) is 118 Å². The standard InChI is InChI=1S/C18H19N3O5S/c1-18(2)12(13(18)16(24)25)15(23)20-10-8-9(4-5-11(10)26-3)14(22)21-17-19-6-7-27-17/h4-8,12-13H,1-3H3,(H,20,23)(H,24,25)(H,19,21,22)/t12-,13+/m1/s1. The molecule has 27 heavy (non-hydrogen) atoms. The Bertz CT molecular complexity index is 894. The SMILES string of the molecule is COc1ccc(C(=O)Nc2nccs2)cc1NC(=O)[C@H]1[C@@H](C(=O)O)C1(C)C. The van der Waals surface area contributed by atoms with Crippen molar-refractivity contribution in [1.82, 2.24) is 4.98 Å². The van der Waals surface area contributed by atoms with Gasteiger partial charge in [-0.2, -0.15) is 0 Å². The second-order valence-corrected chi connectivity index (χ2v) is 7.71. The number of nitrogens with one attached hydrogen (secondary N) is 2. The van der Waals surface area contributed by atoms with Gasteiger partial charge in [-0.25, -0.2) is 4.98 Å². The maximum absolute atomic E-state index is 12.6. The highest BCUT2D eigenvalue weighted by molar-refractivity contribution is 7.13. The first-order chi connectivity index (χ1) is 12.8. The number of methoxy groups -OCH3 is 1.